The van der Waals surface area contributed by atoms with Gasteiger partial charge in [-0.25, -0.2) is 0 Å². The van der Waals surface area contributed by atoms with Gasteiger partial charge in [0.15, 0.2) is 0 Å². The van der Waals surface area contributed by atoms with E-state index in [0.717, 1.165) is 16.6 Å². The molecular weight excluding hydrogens is 380 g/mol. The molecule has 1 aromatic heterocycles. The first-order valence-corrected chi connectivity index (χ1v) is 8.99. The maximum Gasteiger partial charge on any atom is 0.255 e. The van der Waals surface area contributed by atoms with E-state index in [1.165, 1.54) is 16.2 Å². The van der Waals surface area contributed by atoms with E-state index in [1.807, 2.05) is 54.6 Å². The molecule has 0 bridgehead atoms. The second kappa shape index (κ2) is 7.94. The molecule has 0 aliphatic carbocycles. The van der Waals surface area contributed by atoms with Gasteiger partial charge in [-0.2, -0.15) is 0 Å². The van der Waals surface area contributed by atoms with E-state index in [1.54, 1.807) is 12.3 Å². The maximum absolute atomic E-state index is 12.3. The smallest absolute Gasteiger partial charge is 0.255 e. The molecule has 25 heavy (non-hydrogen) atoms. The number of aromatic nitrogens is 1. The number of nitrogens with one attached hydrogen (secondary N) is 1. The number of benzene rings is 2. The largest absolute Gasteiger partial charge is 0.324 e. The van der Waals surface area contributed by atoms with Crippen molar-refractivity contribution in [3.63, 3.8) is 0 Å². The third-order valence-electron chi connectivity index (χ3n) is 3.77. The summed E-state index contributed by atoms with van der Waals surface area (Å²) in [6, 6.07) is 20.3. The monoisotopic (exact) mass is 396 g/mol. The summed E-state index contributed by atoms with van der Waals surface area (Å²) >= 11 is 3.40. The van der Waals surface area contributed by atoms with Crippen LogP contribution in [0.3, 0.4) is 0 Å². The zero-order chi connectivity index (χ0) is 17.6. The van der Waals surface area contributed by atoms with Crippen molar-refractivity contribution in [2.75, 3.05) is 5.32 Å². The van der Waals surface area contributed by atoms with Crippen LogP contribution in [-0.2, 0) is 16.5 Å². The molecule has 3 aromatic rings. The van der Waals surface area contributed by atoms with Crippen LogP contribution in [0.4, 0.5) is 5.69 Å². The Balaban J connectivity index is 1.74. The molecule has 1 N–H and O–H groups in total. The van der Waals surface area contributed by atoms with Crippen molar-refractivity contribution in [3.05, 3.63) is 94.4 Å². The first kappa shape index (κ1) is 17.2. The van der Waals surface area contributed by atoms with Crippen LogP contribution < -0.4 is 10.9 Å². The minimum Gasteiger partial charge on any atom is -0.324 e. The number of alkyl halides is 1. The highest BCUT2D eigenvalue weighted by molar-refractivity contribution is 9.08. The summed E-state index contributed by atoms with van der Waals surface area (Å²) in [4.78, 5) is 24.3. The molecule has 2 aromatic carbocycles. The van der Waals surface area contributed by atoms with Gasteiger partial charge < -0.3 is 5.32 Å². The number of amides is 1. The Labute approximate surface area is 154 Å². The van der Waals surface area contributed by atoms with Gasteiger partial charge in [-0.1, -0.05) is 58.4 Å². The normalized spacial score (nSPS) is 10.4. The topological polar surface area (TPSA) is 51.1 Å². The van der Waals surface area contributed by atoms with Gasteiger partial charge in [-0.05, 0) is 29.3 Å². The Morgan fingerprint density at radius 1 is 0.920 bits per heavy atom. The van der Waals surface area contributed by atoms with Gasteiger partial charge in [0, 0.05) is 23.3 Å². The van der Waals surface area contributed by atoms with E-state index in [9.17, 15) is 9.59 Å². The van der Waals surface area contributed by atoms with Gasteiger partial charge in [-0.15, -0.1) is 0 Å². The standard InChI is InChI=1S/C20H17BrN2O2/c21-13-16-8-6-15(7-9-16)12-19(24)22-17-10-11-20(25)23(14-17)18-4-2-1-3-5-18/h1-11,14H,12-13H2,(H,22,24). The lowest BCUT2D eigenvalue weighted by Gasteiger charge is -2.10. The third kappa shape index (κ3) is 4.45. The lowest BCUT2D eigenvalue weighted by molar-refractivity contribution is -0.115. The van der Waals surface area contributed by atoms with Gasteiger partial charge in [0.25, 0.3) is 5.56 Å². The fourth-order valence-electron chi connectivity index (χ4n) is 2.49. The number of halogens is 1. The second-order valence-corrected chi connectivity index (χ2v) is 6.20. The van der Waals surface area contributed by atoms with Crippen molar-refractivity contribution in [1.82, 2.24) is 4.57 Å². The fourth-order valence-corrected chi connectivity index (χ4v) is 2.86. The summed E-state index contributed by atoms with van der Waals surface area (Å²) in [6.07, 6.45) is 1.93. The molecule has 0 unspecified atom stereocenters. The van der Waals surface area contributed by atoms with Crippen molar-refractivity contribution in [2.45, 2.75) is 11.8 Å². The van der Waals surface area contributed by atoms with E-state index >= 15 is 0 Å². The summed E-state index contributed by atoms with van der Waals surface area (Å²) in [7, 11) is 0. The minimum atomic E-state index is -0.144. The van der Waals surface area contributed by atoms with Crippen LogP contribution in [-0.4, -0.2) is 10.5 Å². The van der Waals surface area contributed by atoms with Gasteiger partial charge in [0.1, 0.15) is 0 Å². The van der Waals surface area contributed by atoms with Gasteiger partial charge in [0.2, 0.25) is 5.91 Å². The first-order chi connectivity index (χ1) is 12.2. The van der Waals surface area contributed by atoms with Crippen molar-refractivity contribution in [1.29, 1.82) is 0 Å². The van der Waals surface area contributed by atoms with E-state index in [-0.39, 0.29) is 17.9 Å². The molecule has 0 radical (unpaired) electrons. The SMILES string of the molecule is O=C(Cc1ccc(CBr)cc1)Nc1ccc(=O)n(-c2ccccc2)c1. The van der Waals surface area contributed by atoms with Crippen LogP contribution in [0.25, 0.3) is 5.69 Å². The summed E-state index contributed by atoms with van der Waals surface area (Å²) < 4.78 is 1.51. The maximum atomic E-state index is 12.3. The molecule has 0 saturated heterocycles. The van der Waals surface area contributed by atoms with Crippen molar-refractivity contribution in [3.8, 4) is 5.69 Å². The lowest BCUT2D eigenvalue weighted by atomic mass is 10.1. The molecule has 0 spiro atoms. The highest BCUT2D eigenvalue weighted by Gasteiger charge is 2.06. The average molecular weight is 397 g/mol. The van der Waals surface area contributed by atoms with Crippen LogP contribution in [0, 0.1) is 0 Å². The Hall–Kier alpha value is -2.66. The van der Waals surface area contributed by atoms with Crippen LogP contribution in [0.1, 0.15) is 11.1 Å². The predicted molar refractivity (Wildman–Crippen MR) is 103 cm³/mol. The zero-order valence-corrected chi connectivity index (χ0v) is 15.1. The fraction of sp³-hybridized carbons (Fsp3) is 0.100. The van der Waals surface area contributed by atoms with E-state index in [0.29, 0.717) is 5.69 Å². The molecule has 0 saturated carbocycles. The number of carbonyl (C=O) groups excluding carboxylic acids is 1. The molecule has 0 aliphatic heterocycles. The van der Waals surface area contributed by atoms with E-state index in [2.05, 4.69) is 21.2 Å². The molecule has 3 rings (SSSR count). The Bertz CT molecular complexity index is 918. The number of pyridine rings is 1. The van der Waals surface area contributed by atoms with Crippen LogP contribution >= 0.6 is 15.9 Å². The minimum absolute atomic E-state index is 0.121. The van der Waals surface area contributed by atoms with Crippen LogP contribution in [0.15, 0.2) is 77.7 Å². The number of nitrogens with zero attached hydrogens (tertiary/aromatic N) is 1. The summed E-state index contributed by atoms with van der Waals surface area (Å²) in [5.41, 5.74) is 3.31. The number of carbonyl (C=O) groups is 1. The third-order valence-corrected chi connectivity index (χ3v) is 4.42. The van der Waals surface area contributed by atoms with Gasteiger partial charge in [0.05, 0.1) is 12.1 Å². The molecule has 5 heteroatoms. The van der Waals surface area contributed by atoms with Gasteiger partial charge >= 0.3 is 0 Å². The second-order valence-electron chi connectivity index (χ2n) is 5.64. The summed E-state index contributed by atoms with van der Waals surface area (Å²) in [5, 5.41) is 3.64. The molecule has 126 valence electrons. The Kier molecular flexibility index (Phi) is 5.46. The number of hydrogen-bond donors (Lipinski definition) is 1. The molecule has 0 aliphatic rings. The highest BCUT2D eigenvalue weighted by Crippen LogP contribution is 2.12. The molecule has 1 heterocycles. The highest BCUT2D eigenvalue weighted by atomic mass is 79.9. The van der Waals surface area contributed by atoms with Crippen molar-refractivity contribution < 1.29 is 4.79 Å². The number of anilines is 1. The number of rotatable bonds is 5. The van der Waals surface area contributed by atoms with Crippen LogP contribution in [0.5, 0.6) is 0 Å². The lowest BCUT2D eigenvalue weighted by Crippen LogP contribution is -2.20. The number of hydrogen-bond acceptors (Lipinski definition) is 2. The Morgan fingerprint density at radius 3 is 2.28 bits per heavy atom. The predicted octanol–water partition coefficient (Wildman–Crippen LogP) is 3.91. The zero-order valence-electron chi connectivity index (χ0n) is 13.5. The molecule has 0 atom stereocenters. The van der Waals surface area contributed by atoms with Gasteiger partial charge in [-0.3, -0.25) is 14.2 Å². The van der Waals surface area contributed by atoms with Crippen molar-refractivity contribution in [2.24, 2.45) is 0 Å². The Morgan fingerprint density at radius 2 is 1.60 bits per heavy atom. The average Bonchev–Trinajstić information content (AvgIpc) is 2.64. The molecule has 0 fully saturated rings. The first-order valence-electron chi connectivity index (χ1n) is 7.87. The molecule has 4 nitrogen and oxygen atoms in total. The van der Waals surface area contributed by atoms with Crippen molar-refractivity contribution >= 4 is 27.5 Å². The molecular formula is C20H17BrN2O2. The quantitative estimate of drug-likeness (QED) is 0.664. The summed E-state index contributed by atoms with van der Waals surface area (Å²) in [6.45, 7) is 0. The number of para-hydroxylation sites is 1. The molecule has 1 amide bonds. The van der Waals surface area contributed by atoms with Crippen LogP contribution in [0.2, 0.25) is 0 Å². The summed E-state index contributed by atoms with van der Waals surface area (Å²) in [5.74, 6) is -0.121. The van der Waals surface area contributed by atoms with E-state index < -0.39 is 0 Å². The van der Waals surface area contributed by atoms with E-state index in [4.69, 9.17) is 0 Å².